The minimum Gasteiger partial charge on any atom is -0.468 e. The molecule has 1 aromatic rings. The molecular formula is C12H17NO5. The number of hydrogen-bond donors (Lipinski definition) is 0. The maximum absolute atomic E-state index is 11.4. The molecule has 0 unspecified atom stereocenters. The summed E-state index contributed by atoms with van der Waals surface area (Å²) in [6, 6.07) is 1.62. The van der Waals surface area contributed by atoms with E-state index in [1.165, 1.54) is 14.2 Å². The lowest BCUT2D eigenvalue weighted by Crippen LogP contribution is -2.26. The Bertz CT molecular complexity index is 438. The summed E-state index contributed by atoms with van der Waals surface area (Å²) < 4.78 is 14.6. The lowest BCUT2D eigenvalue weighted by molar-refractivity contribution is -0.141. The molecule has 6 heteroatoms. The Morgan fingerprint density at radius 2 is 2.00 bits per heavy atom. The molecule has 1 aromatic heterocycles. The van der Waals surface area contributed by atoms with Gasteiger partial charge >= 0.3 is 11.9 Å². The number of ether oxygens (including phenoxy) is 2. The van der Waals surface area contributed by atoms with Gasteiger partial charge in [-0.05, 0) is 20.0 Å². The first-order chi connectivity index (χ1) is 8.47. The van der Waals surface area contributed by atoms with E-state index in [0.29, 0.717) is 23.6 Å². The lowest BCUT2D eigenvalue weighted by atomic mass is 10.2. The highest BCUT2D eigenvalue weighted by Gasteiger charge is 2.16. The summed E-state index contributed by atoms with van der Waals surface area (Å²) in [6.07, 6.45) is 0. The number of rotatable bonds is 5. The van der Waals surface area contributed by atoms with Crippen LogP contribution in [0.25, 0.3) is 0 Å². The molecule has 0 aliphatic rings. The number of carbonyl (C=O) groups excluding carboxylic acids is 2. The van der Waals surface area contributed by atoms with Gasteiger partial charge in [-0.2, -0.15) is 0 Å². The summed E-state index contributed by atoms with van der Waals surface area (Å²) in [4.78, 5) is 24.2. The predicted molar refractivity (Wildman–Crippen MR) is 63.1 cm³/mol. The lowest BCUT2D eigenvalue weighted by Gasteiger charge is -2.12. The highest BCUT2D eigenvalue weighted by molar-refractivity contribution is 5.90. The second-order valence-corrected chi connectivity index (χ2v) is 3.92. The van der Waals surface area contributed by atoms with Crippen molar-refractivity contribution in [1.29, 1.82) is 0 Å². The Labute approximate surface area is 105 Å². The van der Waals surface area contributed by atoms with Crippen molar-refractivity contribution in [2.45, 2.75) is 13.5 Å². The summed E-state index contributed by atoms with van der Waals surface area (Å²) in [5.41, 5.74) is 0.402. The van der Waals surface area contributed by atoms with E-state index in [1.807, 2.05) is 0 Å². The Morgan fingerprint density at radius 3 is 2.56 bits per heavy atom. The van der Waals surface area contributed by atoms with Crippen LogP contribution in [0.1, 0.15) is 21.9 Å². The molecule has 1 rings (SSSR count). The molecule has 0 aromatic carbocycles. The van der Waals surface area contributed by atoms with Crippen molar-refractivity contribution in [3.8, 4) is 0 Å². The maximum atomic E-state index is 11.4. The minimum absolute atomic E-state index is 0.157. The molecule has 18 heavy (non-hydrogen) atoms. The van der Waals surface area contributed by atoms with Gasteiger partial charge in [-0.25, -0.2) is 4.79 Å². The van der Waals surface area contributed by atoms with Crippen molar-refractivity contribution in [2.24, 2.45) is 0 Å². The third kappa shape index (κ3) is 3.59. The van der Waals surface area contributed by atoms with Crippen LogP contribution in [0.15, 0.2) is 10.5 Å². The van der Waals surface area contributed by atoms with Crippen LogP contribution >= 0.6 is 0 Å². The smallest absolute Gasteiger partial charge is 0.341 e. The standard InChI is InChI=1S/C12H17NO5/c1-8-10(12(15)17-4)5-9(18-8)6-13(2)7-11(14)16-3/h5H,6-7H2,1-4H3. The van der Waals surface area contributed by atoms with Crippen LogP contribution in [0.5, 0.6) is 0 Å². The maximum Gasteiger partial charge on any atom is 0.341 e. The second kappa shape index (κ2) is 6.20. The molecule has 0 N–H and O–H groups in total. The number of carbonyl (C=O) groups is 2. The Hall–Kier alpha value is -1.82. The highest BCUT2D eigenvalue weighted by Crippen LogP contribution is 2.16. The van der Waals surface area contributed by atoms with Crippen LogP contribution in [0.2, 0.25) is 0 Å². The van der Waals surface area contributed by atoms with E-state index in [4.69, 9.17) is 4.42 Å². The fraction of sp³-hybridized carbons (Fsp3) is 0.500. The molecule has 6 nitrogen and oxygen atoms in total. The van der Waals surface area contributed by atoms with E-state index in [1.54, 1.807) is 24.9 Å². The van der Waals surface area contributed by atoms with E-state index < -0.39 is 5.97 Å². The van der Waals surface area contributed by atoms with Gasteiger partial charge in [0.25, 0.3) is 0 Å². The first kappa shape index (κ1) is 14.2. The van der Waals surface area contributed by atoms with Crippen LogP contribution in [-0.4, -0.2) is 44.7 Å². The molecule has 0 saturated carbocycles. The van der Waals surface area contributed by atoms with E-state index in [2.05, 4.69) is 9.47 Å². The molecule has 100 valence electrons. The summed E-state index contributed by atoms with van der Waals surface area (Å²) >= 11 is 0. The molecule has 0 atom stereocenters. The van der Waals surface area contributed by atoms with Gasteiger partial charge in [-0.1, -0.05) is 0 Å². The van der Waals surface area contributed by atoms with Crippen LogP contribution in [-0.2, 0) is 20.8 Å². The van der Waals surface area contributed by atoms with E-state index in [9.17, 15) is 9.59 Å². The zero-order valence-corrected chi connectivity index (χ0v) is 11.0. The Morgan fingerprint density at radius 1 is 1.33 bits per heavy atom. The fourth-order valence-electron chi connectivity index (χ4n) is 1.54. The average Bonchev–Trinajstić information content (AvgIpc) is 2.68. The quantitative estimate of drug-likeness (QED) is 0.730. The third-order valence-corrected chi connectivity index (χ3v) is 2.43. The summed E-state index contributed by atoms with van der Waals surface area (Å²) in [5.74, 6) is 0.342. The molecule has 0 aliphatic heterocycles. The molecule has 1 heterocycles. The van der Waals surface area contributed by atoms with Gasteiger partial charge in [0.05, 0.1) is 27.3 Å². The topological polar surface area (TPSA) is 69.0 Å². The number of hydrogen-bond acceptors (Lipinski definition) is 6. The molecule has 0 radical (unpaired) electrons. The molecule has 0 amide bonds. The van der Waals surface area contributed by atoms with Gasteiger partial charge in [0.15, 0.2) is 0 Å². The second-order valence-electron chi connectivity index (χ2n) is 3.92. The number of aryl methyl sites for hydroxylation is 1. The first-order valence-electron chi connectivity index (χ1n) is 5.41. The van der Waals surface area contributed by atoms with Crippen molar-refractivity contribution in [3.05, 3.63) is 23.2 Å². The van der Waals surface area contributed by atoms with E-state index in [0.717, 1.165) is 0 Å². The summed E-state index contributed by atoms with van der Waals surface area (Å²) in [5, 5.41) is 0. The molecule has 0 aliphatic carbocycles. The minimum atomic E-state index is -0.432. The van der Waals surface area contributed by atoms with Gasteiger partial charge in [0, 0.05) is 0 Å². The van der Waals surface area contributed by atoms with E-state index in [-0.39, 0.29) is 12.5 Å². The van der Waals surface area contributed by atoms with Crippen LogP contribution < -0.4 is 0 Å². The predicted octanol–water partition coefficient (Wildman–Crippen LogP) is 0.979. The largest absolute Gasteiger partial charge is 0.468 e. The molecular weight excluding hydrogens is 238 g/mol. The van der Waals surface area contributed by atoms with Gasteiger partial charge in [0.2, 0.25) is 0 Å². The van der Waals surface area contributed by atoms with Gasteiger partial charge in [0.1, 0.15) is 17.1 Å². The summed E-state index contributed by atoms with van der Waals surface area (Å²) in [7, 11) is 4.41. The van der Waals surface area contributed by atoms with Crippen molar-refractivity contribution < 1.29 is 23.5 Å². The number of methoxy groups -OCH3 is 2. The van der Waals surface area contributed by atoms with Crippen molar-refractivity contribution in [1.82, 2.24) is 4.90 Å². The van der Waals surface area contributed by atoms with Crippen LogP contribution in [0.3, 0.4) is 0 Å². The number of likely N-dealkylation sites (N-methyl/N-ethyl adjacent to an activating group) is 1. The Kier molecular flexibility index (Phi) is 4.91. The highest BCUT2D eigenvalue weighted by atomic mass is 16.5. The number of nitrogens with zero attached hydrogens (tertiary/aromatic N) is 1. The number of esters is 2. The summed E-state index contributed by atoms with van der Waals surface area (Å²) in [6.45, 7) is 2.26. The van der Waals surface area contributed by atoms with Crippen LogP contribution in [0, 0.1) is 6.92 Å². The van der Waals surface area contributed by atoms with Gasteiger partial charge in [-0.3, -0.25) is 9.69 Å². The molecule has 0 saturated heterocycles. The third-order valence-electron chi connectivity index (χ3n) is 2.43. The molecule has 0 spiro atoms. The number of furan rings is 1. The van der Waals surface area contributed by atoms with Gasteiger partial charge < -0.3 is 13.9 Å². The van der Waals surface area contributed by atoms with Crippen molar-refractivity contribution in [2.75, 3.05) is 27.8 Å². The normalized spacial score (nSPS) is 10.5. The molecule has 0 fully saturated rings. The Balaban J connectivity index is 2.68. The van der Waals surface area contributed by atoms with E-state index >= 15 is 0 Å². The SMILES string of the molecule is COC(=O)CN(C)Cc1cc(C(=O)OC)c(C)o1. The molecule has 0 bridgehead atoms. The average molecular weight is 255 g/mol. The van der Waals surface area contributed by atoms with Crippen LogP contribution in [0.4, 0.5) is 0 Å². The van der Waals surface area contributed by atoms with Gasteiger partial charge in [-0.15, -0.1) is 0 Å². The first-order valence-corrected chi connectivity index (χ1v) is 5.41. The van der Waals surface area contributed by atoms with Crippen molar-refractivity contribution in [3.63, 3.8) is 0 Å². The fourth-order valence-corrected chi connectivity index (χ4v) is 1.54. The van der Waals surface area contributed by atoms with Crippen molar-refractivity contribution >= 4 is 11.9 Å². The monoisotopic (exact) mass is 255 g/mol. The zero-order valence-electron chi connectivity index (χ0n) is 11.0. The zero-order chi connectivity index (χ0) is 13.7.